The van der Waals surface area contributed by atoms with Gasteiger partial charge in [0.1, 0.15) is 16.8 Å². The average Bonchev–Trinajstić information content (AvgIpc) is 3.09. The number of halogens is 1. The molecule has 1 aliphatic heterocycles. The highest BCUT2D eigenvalue weighted by Gasteiger charge is 2.36. The van der Waals surface area contributed by atoms with Gasteiger partial charge in [-0.25, -0.2) is 4.39 Å². The molecule has 5 nitrogen and oxygen atoms in total. The molecule has 2 aromatic carbocycles. The van der Waals surface area contributed by atoms with E-state index < -0.39 is 5.25 Å². The van der Waals surface area contributed by atoms with Gasteiger partial charge in [-0.2, -0.15) is 0 Å². The summed E-state index contributed by atoms with van der Waals surface area (Å²) in [5, 5.41) is 3.47. The van der Waals surface area contributed by atoms with Crippen LogP contribution in [0, 0.1) is 12.7 Å². The molecular formula is C21H20FN3O2S. The second kappa shape index (κ2) is 7.59. The van der Waals surface area contributed by atoms with Crippen molar-refractivity contribution >= 4 is 23.4 Å². The van der Waals surface area contributed by atoms with Crippen LogP contribution in [0.25, 0.3) is 0 Å². The number of thioether (sulfide) groups is 1. The van der Waals surface area contributed by atoms with Crippen LogP contribution in [0.15, 0.2) is 65.7 Å². The predicted octanol–water partition coefficient (Wildman–Crippen LogP) is 4.34. The monoisotopic (exact) mass is 397 g/mol. The first-order chi connectivity index (χ1) is 13.5. The van der Waals surface area contributed by atoms with Gasteiger partial charge in [0, 0.05) is 11.4 Å². The number of carbonyl (C=O) groups is 1. The first-order valence-corrected chi connectivity index (χ1v) is 9.75. The SMILES string of the molecule is COc1ccc([C@@H]2Nn3c(C)ccc3S[C@@H]2C(=O)Nc2ccc(F)cc2)cc1. The molecule has 0 bridgehead atoms. The molecule has 7 heteroatoms. The van der Waals surface area contributed by atoms with Crippen molar-refractivity contribution in [2.45, 2.75) is 23.2 Å². The number of aryl methyl sites for hydroxylation is 1. The summed E-state index contributed by atoms with van der Waals surface area (Å²) in [6.07, 6.45) is 0. The number of benzene rings is 2. The molecule has 3 aromatic rings. The van der Waals surface area contributed by atoms with Crippen LogP contribution in [-0.2, 0) is 4.79 Å². The number of aromatic nitrogens is 1. The van der Waals surface area contributed by atoms with Gasteiger partial charge in [-0.05, 0) is 61.0 Å². The lowest BCUT2D eigenvalue weighted by molar-refractivity contribution is -0.116. The van der Waals surface area contributed by atoms with Gasteiger partial charge in [0.15, 0.2) is 0 Å². The Morgan fingerprint density at radius 2 is 1.82 bits per heavy atom. The molecule has 144 valence electrons. The number of ether oxygens (including phenoxy) is 1. The summed E-state index contributed by atoms with van der Waals surface area (Å²) in [7, 11) is 1.62. The van der Waals surface area contributed by atoms with E-state index in [4.69, 9.17) is 4.74 Å². The topological polar surface area (TPSA) is 55.3 Å². The van der Waals surface area contributed by atoms with E-state index >= 15 is 0 Å². The van der Waals surface area contributed by atoms with E-state index in [2.05, 4.69) is 10.7 Å². The molecular weight excluding hydrogens is 377 g/mol. The summed E-state index contributed by atoms with van der Waals surface area (Å²) >= 11 is 1.50. The van der Waals surface area contributed by atoms with E-state index in [9.17, 15) is 9.18 Å². The van der Waals surface area contributed by atoms with Gasteiger partial charge in [0.05, 0.1) is 18.2 Å². The van der Waals surface area contributed by atoms with Crippen LogP contribution in [0.1, 0.15) is 17.3 Å². The number of methoxy groups -OCH3 is 1. The molecule has 2 N–H and O–H groups in total. The maximum atomic E-state index is 13.2. The third kappa shape index (κ3) is 3.57. The number of amides is 1. The van der Waals surface area contributed by atoms with Gasteiger partial charge in [-0.3, -0.25) is 9.47 Å². The molecule has 1 aliphatic rings. The Morgan fingerprint density at radius 1 is 1.11 bits per heavy atom. The zero-order valence-electron chi connectivity index (χ0n) is 15.5. The summed E-state index contributed by atoms with van der Waals surface area (Å²) in [6.45, 7) is 2.01. The minimum absolute atomic E-state index is 0.143. The van der Waals surface area contributed by atoms with Crippen molar-refractivity contribution in [2.24, 2.45) is 0 Å². The lowest BCUT2D eigenvalue weighted by Gasteiger charge is -2.34. The Hall–Kier alpha value is -2.93. The second-order valence-electron chi connectivity index (χ2n) is 6.56. The first kappa shape index (κ1) is 18.4. The van der Waals surface area contributed by atoms with E-state index in [0.29, 0.717) is 5.69 Å². The summed E-state index contributed by atoms with van der Waals surface area (Å²) in [5.41, 5.74) is 6.07. The number of nitrogens with one attached hydrogen (secondary N) is 2. The van der Waals surface area contributed by atoms with Crippen LogP contribution < -0.4 is 15.5 Å². The molecule has 1 amide bonds. The van der Waals surface area contributed by atoms with Crippen molar-refractivity contribution < 1.29 is 13.9 Å². The van der Waals surface area contributed by atoms with Crippen LogP contribution in [0.5, 0.6) is 5.75 Å². The van der Waals surface area contributed by atoms with Crippen molar-refractivity contribution in [3.8, 4) is 5.75 Å². The number of hydrogen-bond donors (Lipinski definition) is 2. The van der Waals surface area contributed by atoms with Crippen LogP contribution in [0.4, 0.5) is 10.1 Å². The van der Waals surface area contributed by atoms with Crippen molar-refractivity contribution in [1.82, 2.24) is 4.68 Å². The third-order valence-corrected chi connectivity index (χ3v) is 6.00. The number of anilines is 1. The Balaban J connectivity index is 1.64. The molecule has 0 aliphatic carbocycles. The van der Waals surface area contributed by atoms with Crippen LogP contribution in [0.2, 0.25) is 0 Å². The van der Waals surface area contributed by atoms with Gasteiger partial charge >= 0.3 is 0 Å². The van der Waals surface area contributed by atoms with Crippen LogP contribution >= 0.6 is 11.8 Å². The lowest BCUT2D eigenvalue weighted by atomic mass is 10.0. The molecule has 0 fully saturated rings. The Labute approximate surface area is 166 Å². The zero-order chi connectivity index (χ0) is 19.7. The highest BCUT2D eigenvalue weighted by atomic mass is 32.2. The maximum Gasteiger partial charge on any atom is 0.240 e. The summed E-state index contributed by atoms with van der Waals surface area (Å²) < 4.78 is 20.4. The fourth-order valence-corrected chi connectivity index (χ4v) is 4.42. The molecule has 0 unspecified atom stereocenters. The van der Waals surface area contributed by atoms with E-state index in [1.165, 1.54) is 23.9 Å². The Bertz CT molecular complexity index is 986. The van der Waals surface area contributed by atoms with Gasteiger partial charge in [0.2, 0.25) is 5.91 Å². The minimum Gasteiger partial charge on any atom is -0.497 e. The minimum atomic E-state index is -0.403. The lowest BCUT2D eigenvalue weighted by Crippen LogP contribution is -2.41. The molecule has 28 heavy (non-hydrogen) atoms. The first-order valence-electron chi connectivity index (χ1n) is 8.87. The molecule has 0 saturated heterocycles. The Morgan fingerprint density at radius 3 is 2.50 bits per heavy atom. The summed E-state index contributed by atoms with van der Waals surface area (Å²) in [5.74, 6) is 0.281. The van der Waals surface area contributed by atoms with E-state index in [1.807, 2.05) is 48.0 Å². The number of nitrogens with zero attached hydrogens (tertiary/aromatic N) is 1. The smallest absolute Gasteiger partial charge is 0.240 e. The zero-order valence-corrected chi connectivity index (χ0v) is 16.3. The summed E-state index contributed by atoms with van der Waals surface area (Å²) in [6, 6.07) is 17.2. The standard InChI is InChI=1S/C21H20FN3O2S/c1-13-3-12-18-25(13)24-19(14-4-10-17(27-2)11-5-14)20(28-18)21(26)23-16-8-6-15(22)7-9-16/h3-12,19-20,24H,1-2H3,(H,23,26)/t19-,20-/m0/s1. The quantitative estimate of drug-likeness (QED) is 0.688. The number of carbonyl (C=O) groups excluding carboxylic acids is 1. The van der Waals surface area contributed by atoms with Gasteiger partial charge in [-0.1, -0.05) is 23.9 Å². The predicted molar refractivity (Wildman–Crippen MR) is 109 cm³/mol. The van der Waals surface area contributed by atoms with Crippen molar-refractivity contribution in [2.75, 3.05) is 17.9 Å². The highest BCUT2D eigenvalue weighted by molar-refractivity contribution is 8.00. The van der Waals surface area contributed by atoms with Crippen LogP contribution in [0.3, 0.4) is 0 Å². The summed E-state index contributed by atoms with van der Waals surface area (Å²) in [4.78, 5) is 13.1. The maximum absolute atomic E-state index is 13.2. The van der Waals surface area contributed by atoms with Gasteiger partial charge in [0.25, 0.3) is 0 Å². The fraction of sp³-hybridized carbons (Fsp3) is 0.190. The van der Waals surface area contributed by atoms with Crippen molar-refractivity contribution in [1.29, 1.82) is 0 Å². The van der Waals surface area contributed by atoms with E-state index in [0.717, 1.165) is 22.0 Å². The molecule has 2 heterocycles. The molecule has 0 spiro atoms. The van der Waals surface area contributed by atoms with E-state index in [1.54, 1.807) is 19.2 Å². The highest BCUT2D eigenvalue weighted by Crippen LogP contribution is 2.39. The molecule has 2 atom stereocenters. The molecule has 4 rings (SSSR count). The average molecular weight is 397 g/mol. The largest absolute Gasteiger partial charge is 0.497 e. The molecule has 0 saturated carbocycles. The second-order valence-corrected chi connectivity index (χ2v) is 7.72. The van der Waals surface area contributed by atoms with Gasteiger partial charge in [-0.15, -0.1) is 0 Å². The van der Waals surface area contributed by atoms with Crippen molar-refractivity contribution in [3.63, 3.8) is 0 Å². The van der Waals surface area contributed by atoms with Crippen molar-refractivity contribution in [3.05, 3.63) is 77.7 Å². The number of rotatable bonds is 4. The normalized spacial score (nSPS) is 18.1. The fourth-order valence-electron chi connectivity index (χ4n) is 3.19. The Kier molecular flexibility index (Phi) is 5.00. The molecule has 1 aromatic heterocycles. The number of fused-ring (bicyclic) bond motifs is 1. The van der Waals surface area contributed by atoms with Gasteiger partial charge < -0.3 is 15.5 Å². The third-order valence-electron chi connectivity index (χ3n) is 4.70. The van der Waals surface area contributed by atoms with E-state index in [-0.39, 0.29) is 17.8 Å². The number of hydrogen-bond acceptors (Lipinski definition) is 4. The molecule has 0 radical (unpaired) electrons. The van der Waals surface area contributed by atoms with Crippen LogP contribution in [-0.4, -0.2) is 22.9 Å².